The largest absolute Gasteiger partial charge is 0.401 e. The Balaban J connectivity index is 1.87. The van der Waals surface area contributed by atoms with Gasteiger partial charge in [0.1, 0.15) is 11.3 Å². The van der Waals surface area contributed by atoms with E-state index in [1.54, 1.807) is 0 Å². The van der Waals surface area contributed by atoms with Crippen LogP contribution >= 0.6 is 11.6 Å². The summed E-state index contributed by atoms with van der Waals surface area (Å²) in [4.78, 5) is 9.39. The second-order valence-corrected chi connectivity index (χ2v) is 5.37. The molecule has 0 aliphatic carbocycles. The van der Waals surface area contributed by atoms with Gasteiger partial charge in [0.25, 0.3) is 0 Å². The van der Waals surface area contributed by atoms with Gasteiger partial charge in [0.05, 0.1) is 12.7 Å². The monoisotopic (exact) mass is 320 g/mol. The predicted molar refractivity (Wildman–Crippen MR) is 70.1 cm³/mol. The molecule has 0 aromatic carbocycles. The third kappa shape index (κ3) is 2.88. The average Bonchev–Trinajstić information content (AvgIpc) is 2.92. The van der Waals surface area contributed by atoms with E-state index < -0.39 is 12.7 Å². The Bertz CT molecular complexity index is 670. The molecular weight excluding hydrogens is 309 g/mol. The molecule has 1 aliphatic heterocycles. The lowest BCUT2D eigenvalue weighted by molar-refractivity contribution is -0.143. The number of imidazole rings is 1. The number of aromatic nitrogens is 4. The lowest BCUT2D eigenvalue weighted by Crippen LogP contribution is -2.32. The lowest BCUT2D eigenvalue weighted by atomic mass is 10.1. The Hall–Kier alpha value is -1.61. The first-order valence-electron chi connectivity index (χ1n) is 6.29. The fourth-order valence-corrected chi connectivity index (χ4v) is 2.80. The van der Waals surface area contributed by atoms with Crippen molar-refractivity contribution in [3.8, 4) is 0 Å². The molecule has 21 heavy (non-hydrogen) atoms. The van der Waals surface area contributed by atoms with Gasteiger partial charge in [-0.3, -0.25) is 4.90 Å². The van der Waals surface area contributed by atoms with Crippen molar-refractivity contribution in [2.45, 2.75) is 18.5 Å². The first kappa shape index (κ1) is 14.3. The molecule has 1 atom stereocenters. The van der Waals surface area contributed by atoms with Crippen LogP contribution < -0.4 is 5.73 Å². The van der Waals surface area contributed by atoms with Crippen LogP contribution in [-0.4, -0.2) is 50.3 Å². The highest BCUT2D eigenvalue weighted by molar-refractivity contribution is 6.32. The first-order valence-corrected chi connectivity index (χ1v) is 6.67. The van der Waals surface area contributed by atoms with E-state index in [-0.39, 0.29) is 23.6 Å². The van der Waals surface area contributed by atoms with Crippen molar-refractivity contribution >= 4 is 23.1 Å². The SMILES string of the molecule is Nc1ncc2c(Cl)nc(C3CCN(CC(F)(F)F)C3)n2n1. The molecule has 0 radical (unpaired) electrons. The van der Waals surface area contributed by atoms with Crippen LogP contribution in [0.1, 0.15) is 18.2 Å². The van der Waals surface area contributed by atoms with Gasteiger partial charge in [-0.15, -0.1) is 5.10 Å². The molecule has 2 N–H and O–H groups in total. The number of hydrogen-bond donors (Lipinski definition) is 1. The normalized spacial score (nSPS) is 20.5. The second-order valence-electron chi connectivity index (χ2n) is 5.01. The van der Waals surface area contributed by atoms with E-state index >= 15 is 0 Å². The van der Waals surface area contributed by atoms with Gasteiger partial charge in [-0.25, -0.2) is 14.5 Å². The Labute approximate surface area is 122 Å². The van der Waals surface area contributed by atoms with E-state index in [1.165, 1.54) is 15.6 Å². The number of fused-ring (bicyclic) bond motifs is 1. The molecule has 1 unspecified atom stereocenters. The fourth-order valence-electron chi connectivity index (χ4n) is 2.59. The molecule has 3 heterocycles. The highest BCUT2D eigenvalue weighted by Crippen LogP contribution is 2.31. The Morgan fingerprint density at radius 2 is 2.19 bits per heavy atom. The highest BCUT2D eigenvalue weighted by Gasteiger charge is 2.36. The summed E-state index contributed by atoms with van der Waals surface area (Å²) in [6.45, 7) is -0.298. The van der Waals surface area contributed by atoms with Crippen LogP contribution in [0.4, 0.5) is 19.1 Å². The minimum atomic E-state index is -4.20. The zero-order valence-electron chi connectivity index (χ0n) is 10.8. The quantitative estimate of drug-likeness (QED) is 0.912. The number of nitrogens with zero attached hydrogens (tertiary/aromatic N) is 5. The van der Waals surface area contributed by atoms with E-state index in [1.807, 2.05) is 0 Å². The first-order chi connectivity index (χ1) is 9.83. The van der Waals surface area contributed by atoms with Gasteiger partial charge in [-0.2, -0.15) is 13.2 Å². The fraction of sp³-hybridized carbons (Fsp3) is 0.545. The molecule has 2 aromatic rings. The maximum Gasteiger partial charge on any atom is 0.401 e. The number of halogens is 4. The molecule has 3 rings (SSSR count). The molecule has 0 saturated carbocycles. The Morgan fingerprint density at radius 1 is 1.43 bits per heavy atom. The van der Waals surface area contributed by atoms with Crippen molar-refractivity contribution in [1.29, 1.82) is 0 Å². The van der Waals surface area contributed by atoms with Crippen molar-refractivity contribution in [1.82, 2.24) is 24.5 Å². The van der Waals surface area contributed by atoms with Crippen LogP contribution in [0.15, 0.2) is 6.20 Å². The minimum absolute atomic E-state index is 0.0583. The second kappa shape index (κ2) is 4.99. The lowest BCUT2D eigenvalue weighted by Gasteiger charge is -2.17. The van der Waals surface area contributed by atoms with Gasteiger partial charge in [0.15, 0.2) is 5.15 Å². The van der Waals surface area contributed by atoms with E-state index in [0.29, 0.717) is 24.3 Å². The van der Waals surface area contributed by atoms with Crippen molar-refractivity contribution in [2.24, 2.45) is 0 Å². The Morgan fingerprint density at radius 3 is 2.90 bits per heavy atom. The van der Waals surface area contributed by atoms with Crippen molar-refractivity contribution in [2.75, 3.05) is 25.4 Å². The van der Waals surface area contributed by atoms with Crippen LogP contribution in [-0.2, 0) is 0 Å². The van der Waals surface area contributed by atoms with Gasteiger partial charge < -0.3 is 5.73 Å². The maximum atomic E-state index is 12.4. The highest BCUT2D eigenvalue weighted by atomic mass is 35.5. The third-order valence-corrected chi connectivity index (χ3v) is 3.71. The van der Waals surface area contributed by atoms with Crippen LogP contribution in [0, 0.1) is 0 Å². The molecule has 2 aromatic heterocycles. The van der Waals surface area contributed by atoms with Gasteiger partial charge in [-0.1, -0.05) is 11.6 Å². The van der Waals surface area contributed by atoms with Crippen molar-refractivity contribution < 1.29 is 13.2 Å². The van der Waals surface area contributed by atoms with E-state index in [4.69, 9.17) is 17.3 Å². The summed E-state index contributed by atoms with van der Waals surface area (Å²) in [7, 11) is 0. The summed E-state index contributed by atoms with van der Waals surface area (Å²) in [6, 6.07) is 0. The molecule has 1 fully saturated rings. The molecule has 10 heteroatoms. The smallest absolute Gasteiger partial charge is 0.367 e. The number of hydrogen-bond acceptors (Lipinski definition) is 5. The third-order valence-electron chi connectivity index (χ3n) is 3.43. The average molecular weight is 321 g/mol. The standard InChI is InChI=1S/C11H12ClF3N6/c12-8-7-3-17-10(16)19-21(7)9(18-8)6-1-2-20(4-6)5-11(13,14)15/h3,6H,1-2,4-5H2,(H2,16,19). The topological polar surface area (TPSA) is 72.3 Å². The maximum absolute atomic E-state index is 12.4. The zero-order valence-corrected chi connectivity index (χ0v) is 11.6. The van der Waals surface area contributed by atoms with E-state index in [9.17, 15) is 13.2 Å². The number of alkyl halides is 3. The van der Waals surface area contributed by atoms with Gasteiger partial charge in [0, 0.05) is 12.5 Å². The number of nitrogen functional groups attached to an aromatic ring is 1. The molecule has 1 aliphatic rings. The summed E-state index contributed by atoms with van der Waals surface area (Å²) in [5, 5.41) is 4.26. The molecular formula is C11H12ClF3N6. The summed E-state index contributed by atoms with van der Waals surface area (Å²) in [5.41, 5.74) is 6.03. The zero-order chi connectivity index (χ0) is 15.2. The molecule has 0 amide bonds. The molecule has 0 bridgehead atoms. The van der Waals surface area contributed by atoms with E-state index in [0.717, 1.165) is 0 Å². The van der Waals surface area contributed by atoms with Crippen LogP contribution in [0.3, 0.4) is 0 Å². The molecule has 0 spiro atoms. The van der Waals surface area contributed by atoms with Crippen LogP contribution in [0.2, 0.25) is 5.15 Å². The number of anilines is 1. The number of nitrogens with two attached hydrogens (primary N) is 1. The number of likely N-dealkylation sites (tertiary alicyclic amines) is 1. The minimum Gasteiger partial charge on any atom is -0.367 e. The summed E-state index contributed by atoms with van der Waals surface area (Å²) >= 11 is 6.01. The molecule has 6 nitrogen and oxygen atoms in total. The van der Waals surface area contributed by atoms with Crippen molar-refractivity contribution in [3.05, 3.63) is 17.2 Å². The molecule has 114 valence electrons. The Kier molecular flexibility index (Phi) is 3.40. The predicted octanol–water partition coefficient (Wildman–Crippen LogP) is 1.71. The van der Waals surface area contributed by atoms with Crippen LogP contribution in [0.5, 0.6) is 0 Å². The van der Waals surface area contributed by atoms with Crippen LogP contribution in [0.25, 0.3) is 5.52 Å². The van der Waals surface area contributed by atoms with E-state index in [2.05, 4.69) is 15.1 Å². The van der Waals surface area contributed by atoms with Crippen molar-refractivity contribution in [3.63, 3.8) is 0 Å². The number of rotatable bonds is 2. The molecule has 1 saturated heterocycles. The summed E-state index contributed by atoms with van der Waals surface area (Å²) in [5.74, 6) is 0.415. The summed E-state index contributed by atoms with van der Waals surface area (Å²) in [6.07, 6.45) is -2.19. The van der Waals surface area contributed by atoms with Gasteiger partial charge in [0.2, 0.25) is 5.95 Å². The summed E-state index contributed by atoms with van der Waals surface area (Å²) < 4.78 is 38.7. The van der Waals surface area contributed by atoms with Gasteiger partial charge >= 0.3 is 6.18 Å². The van der Waals surface area contributed by atoms with Gasteiger partial charge in [-0.05, 0) is 13.0 Å².